The molecule has 2 atom stereocenters. The first kappa shape index (κ1) is 13.4. The number of hydrogen-bond donors (Lipinski definition) is 1. The van der Waals surface area contributed by atoms with Crippen molar-refractivity contribution in [1.82, 2.24) is 0 Å². The molecule has 0 saturated heterocycles. The summed E-state index contributed by atoms with van der Waals surface area (Å²) >= 11 is 22.4. The average molecular weight is 292 g/mol. The maximum atomic E-state index is 10.8. The number of alkyl halides is 3. The summed E-state index contributed by atoms with van der Waals surface area (Å²) in [6.07, 6.45) is 1.52. The zero-order chi connectivity index (χ0) is 12.0. The quantitative estimate of drug-likeness (QED) is 0.785. The smallest absolute Gasteiger partial charge is 0.307 e. The third-order valence-corrected chi connectivity index (χ3v) is 4.08. The molecular formula is C9H10Cl4O2. The number of halogens is 4. The van der Waals surface area contributed by atoms with Gasteiger partial charge in [-0.3, -0.25) is 4.79 Å². The lowest BCUT2D eigenvalue weighted by molar-refractivity contribution is -0.139. The summed E-state index contributed by atoms with van der Waals surface area (Å²) in [5.74, 6) is -1.49. The van der Waals surface area contributed by atoms with Crippen LogP contribution in [0.1, 0.15) is 13.8 Å². The molecular weight excluding hydrogens is 282 g/mol. The Bertz CT molecular complexity index is 317. The molecule has 0 bridgehead atoms. The first-order valence-corrected chi connectivity index (χ1v) is 5.77. The van der Waals surface area contributed by atoms with Crippen LogP contribution < -0.4 is 0 Å². The Labute approximate surface area is 108 Å². The largest absolute Gasteiger partial charge is 0.481 e. The van der Waals surface area contributed by atoms with Crippen LogP contribution in [0.5, 0.6) is 0 Å². The van der Waals surface area contributed by atoms with Gasteiger partial charge < -0.3 is 5.11 Å². The van der Waals surface area contributed by atoms with Crippen molar-refractivity contribution in [3.05, 3.63) is 11.1 Å². The number of allylic oxidation sites excluding steroid dienone is 2. The molecule has 0 amide bonds. The molecule has 0 spiro atoms. The first-order valence-electron chi connectivity index (χ1n) is 4.26. The summed E-state index contributed by atoms with van der Waals surface area (Å²) in [6.45, 7) is 3.69. The fourth-order valence-electron chi connectivity index (χ4n) is 1.71. The van der Waals surface area contributed by atoms with Crippen molar-refractivity contribution in [2.45, 2.75) is 17.6 Å². The highest BCUT2D eigenvalue weighted by atomic mass is 35.6. The van der Waals surface area contributed by atoms with Crippen LogP contribution >= 0.6 is 46.4 Å². The Balaban J connectivity index is 2.83. The third kappa shape index (κ3) is 2.73. The van der Waals surface area contributed by atoms with E-state index in [1.54, 1.807) is 0 Å². The van der Waals surface area contributed by atoms with Gasteiger partial charge in [-0.1, -0.05) is 66.3 Å². The van der Waals surface area contributed by atoms with Gasteiger partial charge in [-0.05, 0) is 11.3 Å². The van der Waals surface area contributed by atoms with Crippen molar-refractivity contribution >= 4 is 52.4 Å². The molecule has 6 heteroatoms. The molecule has 0 aliphatic heterocycles. The van der Waals surface area contributed by atoms with E-state index in [1.165, 1.54) is 6.08 Å². The van der Waals surface area contributed by atoms with Crippen LogP contribution in [0.15, 0.2) is 11.1 Å². The lowest BCUT2D eigenvalue weighted by Gasteiger charge is -2.09. The molecule has 0 aromatic heterocycles. The molecule has 1 saturated carbocycles. The molecule has 1 aliphatic rings. The van der Waals surface area contributed by atoms with Crippen molar-refractivity contribution in [3.63, 3.8) is 0 Å². The molecule has 2 nitrogen and oxygen atoms in total. The highest BCUT2D eigenvalue weighted by Gasteiger charge is 2.61. The Kier molecular flexibility index (Phi) is 3.57. The highest BCUT2D eigenvalue weighted by Crippen LogP contribution is 2.60. The first-order chi connectivity index (χ1) is 6.58. The fourth-order valence-corrected chi connectivity index (χ4v) is 2.04. The molecule has 1 N–H and O–H groups in total. The van der Waals surface area contributed by atoms with E-state index in [9.17, 15) is 4.79 Å². The Morgan fingerprint density at radius 2 is 1.87 bits per heavy atom. The summed E-state index contributed by atoms with van der Waals surface area (Å²) in [4.78, 5) is 10.8. The Morgan fingerprint density at radius 3 is 2.13 bits per heavy atom. The SMILES string of the molecule is CC1(C)C(C=C(Cl)C(Cl)(Cl)Cl)C1C(=O)O. The van der Waals surface area contributed by atoms with E-state index in [4.69, 9.17) is 51.5 Å². The van der Waals surface area contributed by atoms with Crippen LogP contribution in [0.25, 0.3) is 0 Å². The minimum atomic E-state index is -1.68. The lowest BCUT2D eigenvalue weighted by Crippen LogP contribution is -2.03. The summed E-state index contributed by atoms with van der Waals surface area (Å²) in [5.41, 5.74) is -0.331. The van der Waals surface area contributed by atoms with E-state index in [0.717, 1.165) is 0 Å². The van der Waals surface area contributed by atoms with Gasteiger partial charge >= 0.3 is 5.97 Å². The van der Waals surface area contributed by atoms with E-state index in [2.05, 4.69) is 0 Å². The molecule has 0 heterocycles. The van der Waals surface area contributed by atoms with Crippen molar-refractivity contribution in [1.29, 1.82) is 0 Å². The third-order valence-electron chi connectivity index (χ3n) is 2.77. The number of aliphatic carboxylic acids is 1. The number of carboxylic acids is 1. The number of carboxylic acid groups (broad SMARTS) is 1. The predicted octanol–water partition coefficient (Wildman–Crippen LogP) is 3.84. The molecule has 1 fully saturated rings. The number of hydrogen-bond acceptors (Lipinski definition) is 1. The minimum absolute atomic E-state index is 0.0503. The topological polar surface area (TPSA) is 37.3 Å². The summed E-state index contributed by atoms with van der Waals surface area (Å²) in [7, 11) is 0. The van der Waals surface area contributed by atoms with E-state index in [0.29, 0.717) is 0 Å². The van der Waals surface area contributed by atoms with Crippen LogP contribution in [0, 0.1) is 17.3 Å². The number of rotatable bonds is 2. The van der Waals surface area contributed by atoms with Gasteiger partial charge in [0.15, 0.2) is 0 Å². The lowest BCUT2D eigenvalue weighted by atomic mass is 10.1. The maximum Gasteiger partial charge on any atom is 0.307 e. The summed E-state index contributed by atoms with van der Waals surface area (Å²) in [5, 5.41) is 8.95. The molecule has 0 aromatic rings. The van der Waals surface area contributed by atoms with E-state index < -0.39 is 15.7 Å². The average Bonchev–Trinajstić information content (AvgIpc) is 2.50. The molecule has 1 aliphatic carbocycles. The van der Waals surface area contributed by atoms with Gasteiger partial charge in [0.25, 0.3) is 0 Å². The Morgan fingerprint density at radius 1 is 1.40 bits per heavy atom. The van der Waals surface area contributed by atoms with Crippen molar-refractivity contribution in [2.24, 2.45) is 17.3 Å². The summed E-state index contributed by atoms with van der Waals surface area (Å²) in [6, 6.07) is 0. The molecule has 0 radical (unpaired) electrons. The monoisotopic (exact) mass is 290 g/mol. The second-order valence-electron chi connectivity index (χ2n) is 4.18. The second-order valence-corrected chi connectivity index (χ2v) is 6.86. The number of carbonyl (C=O) groups is 1. The minimum Gasteiger partial charge on any atom is -0.481 e. The second kappa shape index (κ2) is 3.99. The zero-order valence-electron chi connectivity index (χ0n) is 8.10. The molecule has 0 aromatic carbocycles. The maximum absolute atomic E-state index is 10.8. The van der Waals surface area contributed by atoms with Crippen LogP contribution in [0.4, 0.5) is 0 Å². The standard InChI is InChI=1S/C9H10Cl4O2/c1-8(2)4(6(8)7(14)15)3-5(10)9(11,12)13/h3-4,6H,1-2H3,(H,14,15). The van der Waals surface area contributed by atoms with E-state index in [-0.39, 0.29) is 16.4 Å². The van der Waals surface area contributed by atoms with Gasteiger partial charge in [-0.15, -0.1) is 0 Å². The van der Waals surface area contributed by atoms with Crippen LogP contribution in [0.3, 0.4) is 0 Å². The van der Waals surface area contributed by atoms with Crippen molar-refractivity contribution < 1.29 is 9.90 Å². The van der Waals surface area contributed by atoms with Gasteiger partial charge in [0.2, 0.25) is 3.79 Å². The molecule has 1 rings (SSSR count). The van der Waals surface area contributed by atoms with E-state index in [1.807, 2.05) is 13.8 Å². The van der Waals surface area contributed by atoms with Crippen LogP contribution in [-0.2, 0) is 4.79 Å². The van der Waals surface area contributed by atoms with Gasteiger partial charge in [-0.2, -0.15) is 0 Å². The fraction of sp³-hybridized carbons (Fsp3) is 0.667. The van der Waals surface area contributed by atoms with Crippen molar-refractivity contribution in [2.75, 3.05) is 0 Å². The molecule has 86 valence electrons. The van der Waals surface area contributed by atoms with Crippen molar-refractivity contribution in [3.8, 4) is 0 Å². The zero-order valence-corrected chi connectivity index (χ0v) is 11.1. The molecule has 15 heavy (non-hydrogen) atoms. The van der Waals surface area contributed by atoms with E-state index >= 15 is 0 Å². The summed E-state index contributed by atoms with van der Waals surface area (Å²) < 4.78 is -1.68. The van der Waals surface area contributed by atoms with Gasteiger partial charge in [0.1, 0.15) is 0 Å². The van der Waals surface area contributed by atoms with Gasteiger partial charge in [0.05, 0.1) is 11.0 Å². The predicted molar refractivity (Wildman–Crippen MR) is 62.6 cm³/mol. The van der Waals surface area contributed by atoms with Crippen LogP contribution in [0.2, 0.25) is 0 Å². The normalized spacial score (nSPS) is 30.1. The van der Waals surface area contributed by atoms with Gasteiger partial charge in [0, 0.05) is 0 Å². The highest BCUT2D eigenvalue weighted by molar-refractivity contribution is 6.72. The molecule has 2 unspecified atom stereocenters. The van der Waals surface area contributed by atoms with Crippen LogP contribution in [-0.4, -0.2) is 14.9 Å². The van der Waals surface area contributed by atoms with Gasteiger partial charge in [-0.25, -0.2) is 0 Å². The Hall–Kier alpha value is 0.370.